The molecule has 2 heterocycles. The van der Waals surface area contributed by atoms with Crippen molar-refractivity contribution < 1.29 is 0 Å². The predicted molar refractivity (Wildman–Crippen MR) is 86.6 cm³/mol. The van der Waals surface area contributed by atoms with E-state index in [1.807, 2.05) is 11.4 Å². The van der Waals surface area contributed by atoms with E-state index in [1.165, 1.54) is 22.5 Å². The van der Waals surface area contributed by atoms with E-state index in [4.69, 9.17) is 0 Å². The van der Waals surface area contributed by atoms with Crippen LogP contribution < -0.4 is 10.9 Å². The molecule has 0 aliphatic carbocycles. The summed E-state index contributed by atoms with van der Waals surface area (Å²) in [5.41, 5.74) is 3.28. The highest BCUT2D eigenvalue weighted by Gasteiger charge is 2.04. The molecule has 0 aliphatic heterocycles. The zero-order chi connectivity index (χ0) is 14.7. The minimum absolute atomic E-state index is 0.0564. The summed E-state index contributed by atoms with van der Waals surface area (Å²) in [6.07, 6.45) is 1.06. The molecule has 4 nitrogen and oxygen atoms in total. The summed E-state index contributed by atoms with van der Waals surface area (Å²) >= 11 is 1.42. The topological polar surface area (TPSA) is 57.8 Å². The molecule has 0 spiro atoms. The maximum atomic E-state index is 11.9. The Kier molecular flexibility index (Phi) is 4.13. The fraction of sp³-hybridized carbons (Fsp3) is 0.250. The molecule has 0 atom stereocenters. The molecule has 0 fully saturated rings. The molecule has 0 saturated heterocycles. The van der Waals surface area contributed by atoms with E-state index in [0.29, 0.717) is 17.1 Å². The summed E-state index contributed by atoms with van der Waals surface area (Å²) in [6.45, 7) is 3.46. The lowest BCUT2D eigenvalue weighted by Crippen LogP contribution is -2.18. The Morgan fingerprint density at radius 1 is 1.14 bits per heavy atom. The summed E-state index contributed by atoms with van der Waals surface area (Å²) in [5, 5.41) is 5.20. The van der Waals surface area contributed by atoms with Crippen molar-refractivity contribution in [2.45, 2.75) is 26.4 Å². The molecule has 3 aromatic rings. The van der Waals surface area contributed by atoms with Crippen LogP contribution in [-0.4, -0.2) is 9.97 Å². The number of H-pyrrole nitrogens is 1. The Labute approximate surface area is 126 Å². The Balaban J connectivity index is 1.64. The fourth-order valence-electron chi connectivity index (χ4n) is 2.22. The van der Waals surface area contributed by atoms with Crippen LogP contribution >= 0.6 is 11.3 Å². The Morgan fingerprint density at radius 2 is 1.90 bits per heavy atom. The van der Waals surface area contributed by atoms with Gasteiger partial charge in [0.15, 0.2) is 0 Å². The molecule has 0 bridgehead atoms. The SMILES string of the molecule is CCc1ccc(CNCc2nc3ccsc3c(=O)[nH]2)cc1. The molecule has 21 heavy (non-hydrogen) atoms. The monoisotopic (exact) mass is 299 g/mol. The zero-order valence-corrected chi connectivity index (χ0v) is 12.7. The molecule has 108 valence electrons. The first-order valence-electron chi connectivity index (χ1n) is 7.01. The number of benzene rings is 1. The first kappa shape index (κ1) is 14.0. The quantitative estimate of drug-likeness (QED) is 0.761. The number of hydrogen-bond donors (Lipinski definition) is 2. The number of nitrogens with zero attached hydrogens (tertiary/aromatic N) is 1. The van der Waals surface area contributed by atoms with Crippen LogP contribution in [0.1, 0.15) is 23.9 Å². The molecule has 0 radical (unpaired) electrons. The van der Waals surface area contributed by atoms with Crippen molar-refractivity contribution in [1.29, 1.82) is 0 Å². The number of rotatable bonds is 5. The van der Waals surface area contributed by atoms with Crippen LogP contribution in [0.4, 0.5) is 0 Å². The van der Waals surface area contributed by atoms with Gasteiger partial charge in [-0.3, -0.25) is 4.79 Å². The molecule has 0 amide bonds. The van der Waals surface area contributed by atoms with Gasteiger partial charge in [0.2, 0.25) is 0 Å². The van der Waals surface area contributed by atoms with E-state index in [1.54, 1.807) is 0 Å². The molecule has 1 aromatic carbocycles. The second-order valence-electron chi connectivity index (χ2n) is 4.92. The van der Waals surface area contributed by atoms with Crippen LogP contribution in [0.25, 0.3) is 10.2 Å². The summed E-state index contributed by atoms with van der Waals surface area (Å²) in [4.78, 5) is 19.1. The van der Waals surface area contributed by atoms with Crippen molar-refractivity contribution in [3.63, 3.8) is 0 Å². The lowest BCUT2D eigenvalue weighted by molar-refractivity contribution is 0.663. The highest BCUT2D eigenvalue weighted by molar-refractivity contribution is 7.17. The van der Waals surface area contributed by atoms with E-state index < -0.39 is 0 Å². The van der Waals surface area contributed by atoms with Crippen molar-refractivity contribution in [2.75, 3.05) is 0 Å². The lowest BCUT2D eigenvalue weighted by atomic mass is 10.1. The Hall–Kier alpha value is -1.98. The average Bonchev–Trinajstić information content (AvgIpc) is 2.97. The van der Waals surface area contributed by atoms with E-state index in [2.05, 4.69) is 46.5 Å². The number of aromatic nitrogens is 2. The number of aromatic amines is 1. The van der Waals surface area contributed by atoms with Crippen LogP contribution in [0.3, 0.4) is 0 Å². The molecule has 5 heteroatoms. The van der Waals surface area contributed by atoms with E-state index in [9.17, 15) is 4.79 Å². The van der Waals surface area contributed by atoms with Gasteiger partial charge in [-0.15, -0.1) is 11.3 Å². The van der Waals surface area contributed by atoms with Gasteiger partial charge < -0.3 is 10.3 Å². The van der Waals surface area contributed by atoms with Gasteiger partial charge in [-0.25, -0.2) is 4.98 Å². The molecule has 2 aromatic heterocycles. The van der Waals surface area contributed by atoms with Crippen molar-refractivity contribution in [2.24, 2.45) is 0 Å². The van der Waals surface area contributed by atoms with Crippen LogP contribution in [-0.2, 0) is 19.5 Å². The number of nitrogens with one attached hydrogen (secondary N) is 2. The molecular weight excluding hydrogens is 282 g/mol. The summed E-state index contributed by atoms with van der Waals surface area (Å²) in [5.74, 6) is 0.677. The summed E-state index contributed by atoms with van der Waals surface area (Å²) < 4.78 is 0.689. The molecule has 3 rings (SSSR count). The molecule has 0 unspecified atom stereocenters. The molecule has 0 aliphatic rings. The third-order valence-electron chi connectivity index (χ3n) is 3.42. The van der Waals surface area contributed by atoms with Crippen molar-refractivity contribution in [3.05, 3.63) is 63.0 Å². The zero-order valence-electron chi connectivity index (χ0n) is 11.8. The van der Waals surface area contributed by atoms with Gasteiger partial charge in [0.1, 0.15) is 10.5 Å². The van der Waals surface area contributed by atoms with Gasteiger partial charge in [0.05, 0.1) is 12.1 Å². The Bertz CT molecular complexity index is 789. The first-order valence-corrected chi connectivity index (χ1v) is 7.89. The van der Waals surface area contributed by atoms with Crippen LogP contribution in [0.2, 0.25) is 0 Å². The van der Waals surface area contributed by atoms with Crippen molar-refractivity contribution in [3.8, 4) is 0 Å². The predicted octanol–water partition coefficient (Wildman–Crippen LogP) is 2.84. The highest BCUT2D eigenvalue weighted by Crippen LogP contribution is 2.13. The minimum atomic E-state index is -0.0564. The van der Waals surface area contributed by atoms with Crippen molar-refractivity contribution in [1.82, 2.24) is 15.3 Å². The standard InChI is InChI=1S/C16H17N3OS/c1-2-11-3-5-12(6-4-11)9-17-10-14-18-13-7-8-21-15(13)16(20)19-14/h3-8,17H,2,9-10H2,1H3,(H,18,19,20). The van der Waals surface area contributed by atoms with Gasteiger partial charge in [-0.05, 0) is 29.0 Å². The number of thiophene rings is 1. The second kappa shape index (κ2) is 6.20. The number of aryl methyl sites for hydroxylation is 1. The van der Waals surface area contributed by atoms with E-state index >= 15 is 0 Å². The summed E-state index contributed by atoms with van der Waals surface area (Å²) in [7, 11) is 0. The van der Waals surface area contributed by atoms with Gasteiger partial charge >= 0.3 is 0 Å². The van der Waals surface area contributed by atoms with Crippen LogP contribution in [0.5, 0.6) is 0 Å². The van der Waals surface area contributed by atoms with Gasteiger partial charge in [-0.1, -0.05) is 31.2 Å². The van der Waals surface area contributed by atoms with Gasteiger partial charge in [0, 0.05) is 6.54 Å². The molecule has 0 saturated carbocycles. The van der Waals surface area contributed by atoms with Crippen LogP contribution in [0, 0.1) is 0 Å². The average molecular weight is 299 g/mol. The third-order valence-corrected chi connectivity index (χ3v) is 4.32. The van der Waals surface area contributed by atoms with Gasteiger partial charge in [-0.2, -0.15) is 0 Å². The maximum Gasteiger partial charge on any atom is 0.268 e. The smallest absolute Gasteiger partial charge is 0.268 e. The third kappa shape index (κ3) is 3.20. The largest absolute Gasteiger partial charge is 0.308 e. The first-order chi connectivity index (χ1) is 10.3. The summed E-state index contributed by atoms with van der Waals surface area (Å²) in [6, 6.07) is 10.4. The molecule has 2 N–H and O–H groups in total. The van der Waals surface area contributed by atoms with Gasteiger partial charge in [0.25, 0.3) is 5.56 Å². The number of hydrogen-bond acceptors (Lipinski definition) is 4. The fourth-order valence-corrected chi connectivity index (χ4v) is 2.95. The number of fused-ring (bicyclic) bond motifs is 1. The second-order valence-corrected chi connectivity index (χ2v) is 5.84. The lowest BCUT2D eigenvalue weighted by Gasteiger charge is -2.05. The van der Waals surface area contributed by atoms with E-state index in [-0.39, 0.29) is 5.56 Å². The molecular formula is C16H17N3OS. The maximum absolute atomic E-state index is 11.9. The van der Waals surface area contributed by atoms with Crippen LogP contribution in [0.15, 0.2) is 40.5 Å². The highest BCUT2D eigenvalue weighted by atomic mass is 32.1. The Morgan fingerprint density at radius 3 is 2.67 bits per heavy atom. The van der Waals surface area contributed by atoms with E-state index in [0.717, 1.165) is 18.5 Å². The normalized spacial score (nSPS) is 11.1. The minimum Gasteiger partial charge on any atom is -0.308 e. The van der Waals surface area contributed by atoms with Crippen molar-refractivity contribution >= 4 is 21.6 Å².